The summed E-state index contributed by atoms with van der Waals surface area (Å²) in [5, 5.41) is 0. The molecule has 0 saturated heterocycles. The molecule has 0 bridgehead atoms. The van der Waals surface area contributed by atoms with Crippen molar-refractivity contribution in [3.05, 3.63) is 23.3 Å². The molecule has 1 aliphatic rings. The zero-order valence-electron chi connectivity index (χ0n) is 11.7. The standard InChI is InChI=1S/C15H18FNO3/c1-19-13-7-11(9-16)12(8-14(13)20-2)15(17-10-18)5-3-4-6-15/h7-8H,3-6,9H2,1-2H3. The van der Waals surface area contributed by atoms with E-state index in [-0.39, 0.29) is 0 Å². The molecule has 0 unspecified atom stereocenters. The van der Waals surface area contributed by atoms with E-state index in [9.17, 15) is 9.18 Å². The third-order valence-corrected chi connectivity index (χ3v) is 3.95. The van der Waals surface area contributed by atoms with Crippen LogP contribution in [-0.2, 0) is 17.0 Å². The second-order valence-corrected chi connectivity index (χ2v) is 4.94. The van der Waals surface area contributed by atoms with Crippen LogP contribution in [0.4, 0.5) is 4.39 Å². The third kappa shape index (κ3) is 2.41. The number of carbonyl (C=O) groups excluding carboxylic acids is 1. The Hall–Kier alpha value is -1.87. The van der Waals surface area contributed by atoms with Gasteiger partial charge in [-0.1, -0.05) is 12.8 Å². The van der Waals surface area contributed by atoms with Gasteiger partial charge in [-0.15, -0.1) is 0 Å². The molecule has 0 N–H and O–H groups in total. The smallest absolute Gasteiger partial charge is 0.235 e. The lowest BCUT2D eigenvalue weighted by Gasteiger charge is -2.26. The maximum absolute atomic E-state index is 13.4. The maximum atomic E-state index is 13.4. The summed E-state index contributed by atoms with van der Waals surface area (Å²) in [6.45, 7) is -0.633. The van der Waals surface area contributed by atoms with E-state index in [0.717, 1.165) is 25.7 Å². The fraction of sp³-hybridized carbons (Fsp3) is 0.533. The van der Waals surface area contributed by atoms with Crippen molar-refractivity contribution in [2.75, 3.05) is 14.2 Å². The molecule has 0 atom stereocenters. The Bertz CT molecular complexity index is 532. The number of nitrogens with zero attached hydrogens (tertiary/aromatic N) is 1. The summed E-state index contributed by atoms with van der Waals surface area (Å²) in [6.07, 6.45) is 5.03. The molecule has 0 spiro atoms. The monoisotopic (exact) mass is 279 g/mol. The predicted molar refractivity (Wildman–Crippen MR) is 72.6 cm³/mol. The van der Waals surface area contributed by atoms with Gasteiger partial charge < -0.3 is 9.47 Å². The molecule has 0 aromatic heterocycles. The first-order valence-corrected chi connectivity index (χ1v) is 6.61. The van der Waals surface area contributed by atoms with Gasteiger partial charge in [0.2, 0.25) is 6.08 Å². The van der Waals surface area contributed by atoms with Gasteiger partial charge in [0, 0.05) is 0 Å². The van der Waals surface area contributed by atoms with E-state index < -0.39 is 12.2 Å². The highest BCUT2D eigenvalue weighted by Gasteiger charge is 2.38. The van der Waals surface area contributed by atoms with E-state index >= 15 is 0 Å². The summed E-state index contributed by atoms with van der Waals surface area (Å²) in [7, 11) is 3.04. The van der Waals surface area contributed by atoms with E-state index in [1.54, 1.807) is 18.2 Å². The number of isocyanates is 1. The third-order valence-electron chi connectivity index (χ3n) is 3.95. The zero-order valence-corrected chi connectivity index (χ0v) is 11.7. The number of benzene rings is 1. The maximum Gasteiger partial charge on any atom is 0.235 e. The predicted octanol–water partition coefficient (Wildman–Crippen LogP) is 3.28. The first-order chi connectivity index (χ1) is 9.70. The highest BCUT2D eigenvalue weighted by atomic mass is 19.1. The van der Waals surface area contributed by atoms with Crippen LogP contribution in [0.3, 0.4) is 0 Å². The molecule has 1 aliphatic carbocycles. The van der Waals surface area contributed by atoms with Crippen molar-refractivity contribution < 1.29 is 18.7 Å². The van der Waals surface area contributed by atoms with Gasteiger partial charge in [-0.05, 0) is 36.1 Å². The molecular weight excluding hydrogens is 261 g/mol. The second-order valence-electron chi connectivity index (χ2n) is 4.94. The van der Waals surface area contributed by atoms with Crippen molar-refractivity contribution in [1.29, 1.82) is 0 Å². The molecule has 5 heteroatoms. The Labute approximate surface area is 117 Å². The van der Waals surface area contributed by atoms with Crippen LogP contribution in [0, 0.1) is 0 Å². The lowest BCUT2D eigenvalue weighted by atomic mass is 9.85. The van der Waals surface area contributed by atoms with Crippen LogP contribution < -0.4 is 9.47 Å². The second kappa shape index (κ2) is 6.06. The van der Waals surface area contributed by atoms with Gasteiger partial charge in [0.25, 0.3) is 0 Å². The molecule has 0 heterocycles. The Morgan fingerprint density at radius 3 is 2.35 bits per heavy atom. The normalized spacial score (nSPS) is 16.6. The summed E-state index contributed by atoms with van der Waals surface area (Å²) in [5.41, 5.74) is 0.532. The SMILES string of the molecule is COc1cc(CF)c(C2(N=C=O)CCCC2)cc1OC. The first-order valence-electron chi connectivity index (χ1n) is 6.61. The number of hydrogen-bond acceptors (Lipinski definition) is 4. The fourth-order valence-electron chi connectivity index (χ4n) is 2.95. The minimum absolute atomic E-state index is 0.479. The van der Waals surface area contributed by atoms with Crippen molar-refractivity contribution in [3.63, 3.8) is 0 Å². The number of rotatable bonds is 5. The largest absolute Gasteiger partial charge is 0.493 e. The quantitative estimate of drug-likeness (QED) is 0.614. The number of alkyl halides is 1. The van der Waals surface area contributed by atoms with E-state index in [2.05, 4.69) is 4.99 Å². The molecule has 1 aromatic carbocycles. The minimum Gasteiger partial charge on any atom is -0.493 e. The Morgan fingerprint density at radius 2 is 1.85 bits per heavy atom. The number of halogens is 1. The van der Waals surface area contributed by atoms with Crippen LogP contribution in [0.2, 0.25) is 0 Å². The Kier molecular flexibility index (Phi) is 4.40. The van der Waals surface area contributed by atoms with Gasteiger partial charge >= 0.3 is 0 Å². The first kappa shape index (κ1) is 14.5. The Morgan fingerprint density at radius 1 is 1.25 bits per heavy atom. The number of ether oxygens (including phenoxy) is 2. The molecule has 108 valence electrons. The van der Waals surface area contributed by atoms with Gasteiger partial charge in [-0.25, -0.2) is 9.18 Å². The van der Waals surface area contributed by atoms with E-state index in [1.807, 2.05) is 0 Å². The van der Waals surface area contributed by atoms with Crippen molar-refractivity contribution in [2.45, 2.75) is 37.9 Å². The lowest BCUT2D eigenvalue weighted by Crippen LogP contribution is -2.21. The molecular formula is C15H18FNO3. The molecule has 0 radical (unpaired) electrons. The number of aliphatic imine (C=N–C) groups is 1. The Balaban J connectivity index is 2.61. The van der Waals surface area contributed by atoms with Crippen molar-refractivity contribution >= 4 is 6.08 Å². The average molecular weight is 279 g/mol. The molecule has 20 heavy (non-hydrogen) atoms. The summed E-state index contributed by atoms with van der Waals surface area (Å²) in [5.74, 6) is 0.999. The molecule has 0 amide bonds. The molecule has 4 nitrogen and oxygen atoms in total. The van der Waals surface area contributed by atoms with Crippen LogP contribution in [0.25, 0.3) is 0 Å². The van der Waals surface area contributed by atoms with Gasteiger partial charge in [0.15, 0.2) is 11.5 Å². The number of hydrogen-bond donors (Lipinski definition) is 0. The summed E-state index contributed by atoms with van der Waals surface area (Å²) < 4.78 is 23.8. The minimum atomic E-state index is -0.664. The van der Waals surface area contributed by atoms with Gasteiger partial charge in [-0.2, -0.15) is 4.99 Å². The molecule has 1 fully saturated rings. The lowest BCUT2D eigenvalue weighted by molar-refractivity contribution is 0.349. The summed E-state index contributed by atoms with van der Waals surface area (Å²) in [6, 6.07) is 3.36. The van der Waals surface area contributed by atoms with E-state index in [1.165, 1.54) is 14.2 Å². The summed E-state index contributed by atoms with van der Waals surface area (Å²) in [4.78, 5) is 14.8. The highest BCUT2D eigenvalue weighted by Crippen LogP contribution is 2.46. The van der Waals surface area contributed by atoms with Crippen LogP contribution in [-0.4, -0.2) is 20.3 Å². The molecule has 0 aliphatic heterocycles. The van der Waals surface area contributed by atoms with Crippen LogP contribution in [0.15, 0.2) is 17.1 Å². The van der Waals surface area contributed by atoms with Gasteiger partial charge in [0.1, 0.15) is 6.67 Å². The average Bonchev–Trinajstić information content (AvgIpc) is 2.95. The van der Waals surface area contributed by atoms with Gasteiger partial charge in [0.05, 0.1) is 19.8 Å². The van der Waals surface area contributed by atoms with Crippen molar-refractivity contribution in [3.8, 4) is 11.5 Å². The topological polar surface area (TPSA) is 47.9 Å². The van der Waals surface area contributed by atoms with Gasteiger partial charge in [-0.3, -0.25) is 0 Å². The molecule has 2 rings (SSSR count). The highest BCUT2D eigenvalue weighted by molar-refractivity contribution is 5.51. The van der Waals surface area contributed by atoms with Crippen LogP contribution in [0.1, 0.15) is 36.8 Å². The van der Waals surface area contributed by atoms with Crippen molar-refractivity contribution in [1.82, 2.24) is 0 Å². The summed E-state index contributed by atoms with van der Waals surface area (Å²) >= 11 is 0. The number of methoxy groups -OCH3 is 2. The van der Waals surface area contributed by atoms with Crippen LogP contribution in [0.5, 0.6) is 11.5 Å². The zero-order chi connectivity index (χ0) is 14.6. The van der Waals surface area contributed by atoms with Crippen molar-refractivity contribution in [2.24, 2.45) is 4.99 Å². The fourth-order valence-corrected chi connectivity index (χ4v) is 2.95. The van der Waals surface area contributed by atoms with E-state index in [4.69, 9.17) is 9.47 Å². The molecule has 1 saturated carbocycles. The molecule has 1 aromatic rings. The van der Waals surface area contributed by atoms with Crippen LogP contribution >= 0.6 is 0 Å². The van der Waals surface area contributed by atoms with E-state index in [0.29, 0.717) is 22.6 Å².